The van der Waals surface area contributed by atoms with Crippen LogP contribution in [0.15, 0.2) is 0 Å². The largest absolute Gasteiger partial charge is 0.351 e. The maximum absolute atomic E-state index is 13.0. The standard InChI is InChI=1S/C18H30N4O2/c1-4-10-19-17(23)15-14-9-7-8-13-22(14)16(20-15)18(24)21(11-5-2)12-6-3/h4-13H2,1-3H3,(H,19,23). The Labute approximate surface area is 144 Å². The number of rotatable bonds is 8. The Bertz CT molecular complexity index is 574. The monoisotopic (exact) mass is 334 g/mol. The number of amides is 2. The number of carbonyl (C=O) groups is 2. The van der Waals surface area contributed by atoms with Crippen LogP contribution in [0.1, 0.15) is 79.7 Å². The van der Waals surface area contributed by atoms with E-state index in [1.54, 1.807) is 0 Å². The molecule has 0 aliphatic carbocycles. The van der Waals surface area contributed by atoms with Crippen LogP contribution in [0, 0.1) is 0 Å². The van der Waals surface area contributed by atoms with Crippen molar-refractivity contribution >= 4 is 11.8 Å². The topological polar surface area (TPSA) is 67.2 Å². The highest BCUT2D eigenvalue weighted by atomic mass is 16.2. The minimum atomic E-state index is -0.154. The Morgan fingerprint density at radius 3 is 2.46 bits per heavy atom. The summed E-state index contributed by atoms with van der Waals surface area (Å²) in [5.41, 5.74) is 1.37. The highest BCUT2D eigenvalue weighted by Crippen LogP contribution is 2.22. The molecule has 0 saturated carbocycles. The molecule has 134 valence electrons. The van der Waals surface area contributed by atoms with Gasteiger partial charge in [0.25, 0.3) is 11.8 Å². The van der Waals surface area contributed by atoms with Crippen LogP contribution >= 0.6 is 0 Å². The summed E-state index contributed by atoms with van der Waals surface area (Å²) >= 11 is 0. The number of hydrogen-bond donors (Lipinski definition) is 1. The first kappa shape index (κ1) is 18.5. The van der Waals surface area contributed by atoms with E-state index >= 15 is 0 Å². The third kappa shape index (κ3) is 3.97. The maximum atomic E-state index is 13.0. The fourth-order valence-corrected chi connectivity index (χ4v) is 3.21. The van der Waals surface area contributed by atoms with Gasteiger partial charge in [-0.1, -0.05) is 20.8 Å². The molecule has 0 radical (unpaired) electrons. The van der Waals surface area contributed by atoms with E-state index in [9.17, 15) is 9.59 Å². The average Bonchev–Trinajstić information content (AvgIpc) is 2.98. The van der Waals surface area contributed by atoms with Gasteiger partial charge in [0, 0.05) is 26.2 Å². The van der Waals surface area contributed by atoms with Gasteiger partial charge in [0.1, 0.15) is 5.69 Å². The molecule has 1 aliphatic rings. The summed E-state index contributed by atoms with van der Waals surface area (Å²) < 4.78 is 1.98. The lowest BCUT2D eigenvalue weighted by molar-refractivity contribution is 0.0737. The third-order valence-electron chi connectivity index (χ3n) is 4.33. The van der Waals surface area contributed by atoms with Crippen LogP contribution in [0.25, 0.3) is 0 Å². The fourth-order valence-electron chi connectivity index (χ4n) is 3.21. The van der Waals surface area contributed by atoms with Crippen molar-refractivity contribution < 1.29 is 9.59 Å². The molecule has 0 spiro atoms. The van der Waals surface area contributed by atoms with E-state index in [1.807, 2.05) is 16.4 Å². The molecular weight excluding hydrogens is 304 g/mol. The number of nitrogens with zero attached hydrogens (tertiary/aromatic N) is 3. The molecule has 1 N–H and O–H groups in total. The summed E-state index contributed by atoms with van der Waals surface area (Å²) in [4.78, 5) is 31.7. The van der Waals surface area contributed by atoms with Crippen molar-refractivity contribution in [2.24, 2.45) is 0 Å². The first-order valence-electron chi connectivity index (χ1n) is 9.30. The quantitative estimate of drug-likeness (QED) is 0.794. The first-order chi connectivity index (χ1) is 11.6. The molecule has 1 aromatic heterocycles. The minimum absolute atomic E-state index is 0.0450. The van der Waals surface area contributed by atoms with Gasteiger partial charge in [-0.15, -0.1) is 0 Å². The van der Waals surface area contributed by atoms with Crippen molar-refractivity contribution in [2.45, 2.75) is 65.8 Å². The summed E-state index contributed by atoms with van der Waals surface area (Å²) in [6.45, 7) is 9.02. The highest BCUT2D eigenvalue weighted by molar-refractivity contribution is 5.97. The average molecular weight is 334 g/mol. The summed E-state index contributed by atoms with van der Waals surface area (Å²) in [7, 11) is 0. The first-order valence-corrected chi connectivity index (χ1v) is 9.30. The van der Waals surface area contributed by atoms with Crippen molar-refractivity contribution in [1.29, 1.82) is 0 Å². The maximum Gasteiger partial charge on any atom is 0.289 e. The predicted octanol–water partition coefficient (Wildman–Crippen LogP) is 2.62. The van der Waals surface area contributed by atoms with E-state index in [1.165, 1.54) is 0 Å². The Morgan fingerprint density at radius 2 is 1.83 bits per heavy atom. The van der Waals surface area contributed by atoms with Gasteiger partial charge in [-0.3, -0.25) is 9.59 Å². The molecule has 2 heterocycles. The smallest absolute Gasteiger partial charge is 0.289 e. The molecule has 6 heteroatoms. The van der Waals surface area contributed by atoms with Crippen LogP contribution in [-0.2, 0) is 13.0 Å². The van der Waals surface area contributed by atoms with Gasteiger partial charge < -0.3 is 14.8 Å². The number of aromatic nitrogens is 2. The van der Waals surface area contributed by atoms with Crippen LogP contribution < -0.4 is 5.32 Å². The molecular formula is C18H30N4O2. The third-order valence-corrected chi connectivity index (χ3v) is 4.33. The lowest BCUT2D eigenvalue weighted by atomic mass is 10.1. The fraction of sp³-hybridized carbons (Fsp3) is 0.722. The molecule has 0 saturated heterocycles. The summed E-state index contributed by atoms with van der Waals surface area (Å²) in [5.74, 6) is 0.240. The van der Waals surface area contributed by atoms with E-state index in [2.05, 4.69) is 24.1 Å². The van der Waals surface area contributed by atoms with Crippen LogP contribution in [0.4, 0.5) is 0 Å². The molecule has 0 bridgehead atoms. The normalized spacial score (nSPS) is 13.5. The van der Waals surface area contributed by atoms with Gasteiger partial charge in [-0.25, -0.2) is 4.98 Å². The Kier molecular flexibility index (Phi) is 6.82. The highest BCUT2D eigenvalue weighted by Gasteiger charge is 2.29. The van der Waals surface area contributed by atoms with Gasteiger partial charge >= 0.3 is 0 Å². The molecule has 24 heavy (non-hydrogen) atoms. The molecule has 0 fully saturated rings. The lowest BCUT2D eigenvalue weighted by Crippen LogP contribution is -2.35. The van der Waals surface area contributed by atoms with E-state index in [-0.39, 0.29) is 11.8 Å². The second-order valence-electron chi connectivity index (χ2n) is 6.39. The summed E-state index contributed by atoms with van der Waals surface area (Å²) in [6.07, 6.45) is 5.61. The lowest BCUT2D eigenvalue weighted by Gasteiger charge is -2.23. The van der Waals surface area contributed by atoms with E-state index < -0.39 is 0 Å². The Balaban J connectivity index is 2.34. The number of imidazole rings is 1. The van der Waals surface area contributed by atoms with E-state index in [0.717, 1.165) is 63.9 Å². The zero-order chi connectivity index (χ0) is 17.5. The van der Waals surface area contributed by atoms with Crippen LogP contribution in [0.3, 0.4) is 0 Å². The van der Waals surface area contributed by atoms with Gasteiger partial charge in [-0.2, -0.15) is 0 Å². The van der Waals surface area contributed by atoms with Crippen LogP contribution in [0.2, 0.25) is 0 Å². The number of carbonyl (C=O) groups excluding carboxylic acids is 2. The second kappa shape index (κ2) is 8.85. The Hall–Kier alpha value is -1.85. The van der Waals surface area contributed by atoms with Crippen molar-refractivity contribution in [2.75, 3.05) is 19.6 Å². The van der Waals surface area contributed by atoms with Gasteiger partial charge in [0.2, 0.25) is 0 Å². The Morgan fingerprint density at radius 1 is 1.12 bits per heavy atom. The van der Waals surface area contributed by atoms with Gasteiger partial charge in [-0.05, 0) is 38.5 Å². The van der Waals surface area contributed by atoms with Gasteiger partial charge in [0.05, 0.1) is 5.69 Å². The number of fused-ring (bicyclic) bond motifs is 1. The molecule has 0 aromatic carbocycles. The SMILES string of the molecule is CCCNC(=O)c1nc(C(=O)N(CCC)CCC)n2c1CCCC2. The summed E-state index contributed by atoms with van der Waals surface area (Å²) in [5, 5.41) is 2.89. The van der Waals surface area contributed by atoms with E-state index in [0.29, 0.717) is 18.1 Å². The van der Waals surface area contributed by atoms with Crippen molar-refractivity contribution in [3.8, 4) is 0 Å². The zero-order valence-electron chi connectivity index (χ0n) is 15.2. The predicted molar refractivity (Wildman–Crippen MR) is 94.3 cm³/mol. The summed E-state index contributed by atoms with van der Waals surface area (Å²) in [6, 6.07) is 0. The second-order valence-corrected chi connectivity index (χ2v) is 6.39. The van der Waals surface area contributed by atoms with E-state index in [4.69, 9.17) is 0 Å². The molecule has 1 aliphatic heterocycles. The number of hydrogen-bond acceptors (Lipinski definition) is 3. The molecule has 6 nitrogen and oxygen atoms in total. The van der Waals surface area contributed by atoms with Crippen LogP contribution in [0.5, 0.6) is 0 Å². The van der Waals surface area contributed by atoms with Crippen molar-refractivity contribution in [3.05, 3.63) is 17.2 Å². The molecule has 1 aromatic rings. The number of nitrogens with one attached hydrogen (secondary N) is 1. The zero-order valence-corrected chi connectivity index (χ0v) is 15.2. The molecule has 2 rings (SSSR count). The molecule has 0 atom stereocenters. The minimum Gasteiger partial charge on any atom is -0.351 e. The van der Waals surface area contributed by atoms with Crippen molar-refractivity contribution in [1.82, 2.24) is 19.8 Å². The van der Waals surface area contributed by atoms with Gasteiger partial charge in [0.15, 0.2) is 5.82 Å². The van der Waals surface area contributed by atoms with Crippen molar-refractivity contribution in [3.63, 3.8) is 0 Å². The van der Waals surface area contributed by atoms with Crippen LogP contribution in [-0.4, -0.2) is 45.9 Å². The molecule has 0 unspecified atom stereocenters. The molecule has 2 amide bonds.